The molecule has 2 aromatic rings. The number of carbonyl (C=O) groups excluding carboxylic acids is 1. The lowest BCUT2D eigenvalue weighted by molar-refractivity contribution is -0.121. The van der Waals surface area contributed by atoms with E-state index >= 15 is 0 Å². The Hall–Kier alpha value is -1.45. The normalized spacial score (nSPS) is 13.3. The predicted octanol–water partition coefficient (Wildman–Crippen LogP) is 6.10. The van der Waals surface area contributed by atoms with Crippen molar-refractivity contribution >= 4 is 29.3 Å². The molecule has 1 amide bonds. The molecule has 0 saturated carbocycles. The highest BCUT2D eigenvalue weighted by Gasteiger charge is 2.22. The van der Waals surface area contributed by atoms with Crippen molar-refractivity contribution in [3.05, 3.63) is 64.2 Å². The highest BCUT2D eigenvalue weighted by Crippen LogP contribution is 2.28. The Bertz CT molecular complexity index is 714. The van der Waals surface area contributed by atoms with Crippen LogP contribution in [0.15, 0.2) is 47.4 Å². The van der Waals surface area contributed by atoms with Gasteiger partial charge >= 0.3 is 0 Å². The van der Waals surface area contributed by atoms with Crippen LogP contribution in [0.25, 0.3) is 0 Å². The Morgan fingerprint density at radius 3 is 2.32 bits per heavy atom. The summed E-state index contributed by atoms with van der Waals surface area (Å²) >= 11 is 7.53. The summed E-state index contributed by atoms with van der Waals surface area (Å²) in [5.74, 6) is 0.0919. The minimum atomic E-state index is -0.110. The molecule has 0 radical (unpaired) electrons. The average molecular weight is 376 g/mol. The van der Waals surface area contributed by atoms with Crippen LogP contribution in [0.1, 0.15) is 49.4 Å². The maximum absolute atomic E-state index is 12.8. The van der Waals surface area contributed by atoms with Gasteiger partial charge in [0.1, 0.15) is 0 Å². The zero-order chi connectivity index (χ0) is 18.4. The number of rotatable bonds is 7. The van der Waals surface area contributed by atoms with E-state index in [1.165, 1.54) is 16.7 Å². The maximum atomic E-state index is 12.8. The monoisotopic (exact) mass is 375 g/mol. The van der Waals surface area contributed by atoms with Crippen LogP contribution < -0.4 is 5.32 Å². The third-order valence-electron chi connectivity index (χ3n) is 4.28. The number of nitrogens with one attached hydrogen (secondary N) is 1. The number of hydrogen-bond donors (Lipinski definition) is 1. The minimum absolute atomic E-state index is 0.0490. The maximum Gasteiger partial charge on any atom is 0.233 e. The fourth-order valence-corrected chi connectivity index (χ4v) is 3.97. The van der Waals surface area contributed by atoms with E-state index in [0.717, 1.165) is 17.7 Å². The molecule has 2 atom stereocenters. The average Bonchev–Trinajstić information content (AvgIpc) is 2.59. The molecule has 0 aliphatic rings. The fraction of sp³-hybridized carbons (Fsp3) is 0.381. The largest absolute Gasteiger partial charge is 0.348 e. The fourth-order valence-electron chi connectivity index (χ4n) is 2.88. The Balaban J connectivity index is 2.09. The van der Waals surface area contributed by atoms with Crippen LogP contribution in [0.3, 0.4) is 0 Å². The van der Waals surface area contributed by atoms with E-state index in [1.807, 2.05) is 31.2 Å². The molecule has 2 rings (SSSR count). The SMILES string of the molecule is CC[C@H](NC(=O)[C@@H](CC)Sc1ccc(Cl)cc1)c1ccc(C)cc1C. The molecular formula is C21H26ClNOS. The van der Waals surface area contributed by atoms with Gasteiger partial charge in [-0.05, 0) is 62.1 Å². The first-order valence-corrected chi connectivity index (χ1v) is 10.00. The van der Waals surface area contributed by atoms with Gasteiger partial charge in [-0.15, -0.1) is 11.8 Å². The number of thioether (sulfide) groups is 1. The predicted molar refractivity (Wildman–Crippen MR) is 108 cm³/mol. The van der Waals surface area contributed by atoms with Crippen molar-refractivity contribution in [3.8, 4) is 0 Å². The quantitative estimate of drug-likeness (QED) is 0.593. The van der Waals surface area contributed by atoms with Crippen molar-refractivity contribution in [2.45, 2.75) is 56.7 Å². The van der Waals surface area contributed by atoms with E-state index in [-0.39, 0.29) is 17.2 Å². The van der Waals surface area contributed by atoms with E-state index in [0.29, 0.717) is 5.02 Å². The summed E-state index contributed by atoms with van der Waals surface area (Å²) in [5, 5.41) is 3.84. The van der Waals surface area contributed by atoms with Gasteiger partial charge in [0.05, 0.1) is 11.3 Å². The Morgan fingerprint density at radius 1 is 1.08 bits per heavy atom. The molecule has 1 N–H and O–H groups in total. The van der Waals surface area contributed by atoms with E-state index < -0.39 is 0 Å². The molecule has 2 aromatic carbocycles. The molecule has 25 heavy (non-hydrogen) atoms. The lowest BCUT2D eigenvalue weighted by Gasteiger charge is -2.23. The summed E-state index contributed by atoms with van der Waals surface area (Å²) in [4.78, 5) is 13.9. The molecule has 0 aliphatic heterocycles. The first-order chi connectivity index (χ1) is 11.9. The van der Waals surface area contributed by atoms with Gasteiger partial charge in [0, 0.05) is 9.92 Å². The first-order valence-electron chi connectivity index (χ1n) is 8.74. The second-order valence-corrected chi connectivity index (χ2v) is 8.01. The Kier molecular flexibility index (Phi) is 7.39. The minimum Gasteiger partial charge on any atom is -0.348 e. The number of amides is 1. The van der Waals surface area contributed by atoms with Gasteiger partial charge in [0.15, 0.2) is 0 Å². The van der Waals surface area contributed by atoms with Crippen LogP contribution >= 0.6 is 23.4 Å². The van der Waals surface area contributed by atoms with Crippen LogP contribution in [0.2, 0.25) is 5.02 Å². The second kappa shape index (κ2) is 9.30. The van der Waals surface area contributed by atoms with Gasteiger partial charge in [-0.2, -0.15) is 0 Å². The van der Waals surface area contributed by atoms with E-state index in [2.05, 4.69) is 44.3 Å². The zero-order valence-corrected chi connectivity index (χ0v) is 16.9. The van der Waals surface area contributed by atoms with Gasteiger partial charge in [0.2, 0.25) is 5.91 Å². The third-order valence-corrected chi connectivity index (χ3v) is 5.91. The summed E-state index contributed by atoms with van der Waals surface area (Å²) in [7, 11) is 0. The number of halogens is 1. The summed E-state index contributed by atoms with van der Waals surface area (Å²) in [6, 6.07) is 14.1. The van der Waals surface area contributed by atoms with Crippen LogP contribution in [0, 0.1) is 13.8 Å². The van der Waals surface area contributed by atoms with E-state index in [4.69, 9.17) is 11.6 Å². The third kappa shape index (κ3) is 5.52. The van der Waals surface area contributed by atoms with Crippen molar-refractivity contribution in [2.24, 2.45) is 0 Å². The smallest absolute Gasteiger partial charge is 0.233 e. The van der Waals surface area contributed by atoms with Gasteiger partial charge in [0.25, 0.3) is 0 Å². The van der Waals surface area contributed by atoms with Crippen LogP contribution in [0.5, 0.6) is 0 Å². The topological polar surface area (TPSA) is 29.1 Å². The molecule has 0 saturated heterocycles. The van der Waals surface area contributed by atoms with Gasteiger partial charge in [-0.1, -0.05) is 49.2 Å². The van der Waals surface area contributed by atoms with Crippen molar-refractivity contribution in [2.75, 3.05) is 0 Å². The highest BCUT2D eigenvalue weighted by atomic mass is 35.5. The second-order valence-electron chi connectivity index (χ2n) is 6.30. The molecule has 0 aromatic heterocycles. The van der Waals surface area contributed by atoms with Gasteiger partial charge in [-0.25, -0.2) is 0 Å². The summed E-state index contributed by atoms with van der Waals surface area (Å²) in [5.41, 5.74) is 3.67. The summed E-state index contributed by atoms with van der Waals surface area (Å²) in [6.45, 7) is 8.35. The molecule has 0 bridgehead atoms. The molecule has 0 heterocycles. The summed E-state index contributed by atoms with van der Waals surface area (Å²) in [6.07, 6.45) is 1.65. The molecule has 0 fully saturated rings. The number of benzene rings is 2. The van der Waals surface area contributed by atoms with Crippen LogP contribution in [-0.4, -0.2) is 11.2 Å². The number of aryl methyl sites for hydroxylation is 2. The van der Waals surface area contributed by atoms with Crippen LogP contribution in [-0.2, 0) is 4.79 Å². The molecule has 134 valence electrons. The molecule has 4 heteroatoms. The van der Waals surface area contributed by atoms with E-state index in [1.54, 1.807) is 11.8 Å². The standard InChI is InChI=1S/C21H26ClNOS/c1-5-19(18-12-7-14(3)13-15(18)4)23-21(24)20(6-2)25-17-10-8-16(22)9-11-17/h7-13,19-20H,5-6H2,1-4H3,(H,23,24)/t19-,20+/m0/s1. The van der Waals surface area contributed by atoms with E-state index in [9.17, 15) is 4.79 Å². The van der Waals surface area contributed by atoms with Crippen molar-refractivity contribution in [1.29, 1.82) is 0 Å². The lowest BCUT2D eigenvalue weighted by atomic mass is 9.97. The Morgan fingerprint density at radius 2 is 1.76 bits per heavy atom. The van der Waals surface area contributed by atoms with Gasteiger partial charge in [-0.3, -0.25) is 4.79 Å². The number of carbonyl (C=O) groups is 1. The Labute approximate surface area is 160 Å². The van der Waals surface area contributed by atoms with Gasteiger partial charge < -0.3 is 5.32 Å². The number of hydrogen-bond acceptors (Lipinski definition) is 2. The molecule has 0 aliphatic carbocycles. The molecular weight excluding hydrogens is 350 g/mol. The van der Waals surface area contributed by atoms with Crippen molar-refractivity contribution in [3.63, 3.8) is 0 Å². The van der Waals surface area contributed by atoms with Crippen molar-refractivity contribution < 1.29 is 4.79 Å². The van der Waals surface area contributed by atoms with Crippen LogP contribution in [0.4, 0.5) is 0 Å². The lowest BCUT2D eigenvalue weighted by Crippen LogP contribution is -2.35. The zero-order valence-electron chi connectivity index (χ0n) is 15.3. The van der Waals surface area contributed by atoms with Crippen molar-refractivity contribution in [1.82, 2.24) is 5.32 Å². The highest BCUT2D eigenvalue weighted by molar-refractivity contribution is 8.00. The first kappa shape index (κ1) is 19.9. The molecule has 0 spiro atoms. The molecule has 0 unspecified atom stereocenters. The summed E-state index contributed by atoms with van der Waals surface area (Å²) < 4.78 is 0. The molecule has 2 nitrogen and oxygen atoms in total.